The van der Waals surface area contributed by atoms with E-state index in [-0.39, 0.29) is 5.91 Å². The first-order valence-corrected chi connectivity index (χ1v) is 7.04. The van der Waals surface area contributed by atoms with Crippen LogP contribution in [-0.2, 0) is 11.2 Å². The molecule has 0 bridgehead atoms. The van der Waals surface area contributed by atoms with E-state index >= 15 is 0 Å². The largest absolute Gasteiger partial charge is 0.391 e. The van der Waals surface area contributed by atoms with E-state index in [4.69, 9.17) is 0 Å². The molecule has 1 aromatic rings. The van der Waals surface area contributed by atoms with Crippen molar-refractivity contribution in [2.75, 3.05) is 6.54 Å². The maximum atomic E-state index is 12.3. The smallest absolute Gasteiger partial charge is 0.223 e. The molecule has 1 fully saturated rings. The van der Waals surface area contributed by atoms with Gasteiger partial charge in [0.05, 0.1) is 11.6 Å². The second-order valence-corrected chi connectivity index (χ2v) is 5.84. The lowest BCUT2D eigenvalue weighted by molar-refractivity contribution is -0.145. The van der Waals surface area contributed by atoms with E-state index < -0.39 is 11.6 Å². The predicted octanol–water partition coefficient (Wildman–Crippen LogP) is 2.38. The first kappa shape index (κ1) is 14.1. The second kappa shape index (κ2) is 5.74. The molecule has 1 N–H and O–H groups in total. The number of aryl methyl sites for hydroxylation is 1. The highest BCUT2D eigenvalue weighted by Crippen LogP contribution is 2.28. The fraction of sp³-hybridized carbons (Fsp3) is 0.562. The number of nitrogens with zero attached hydrogens (tertiary/aromatic N) is 1. The van der Waals surface area contributed by atoms with Gasteiger partial charge < -0.3 is 10.0 Å². The minimum atomic E-state index is -0.438. The summed E-state index contributed by atoms with van der Waals surface area (Å²) in [6.45, 7) is 4.67. The Labute approximate surface area is 115 Å². The molecule has 2 rings (SSSR count). The fourth-order valence-corrected chi connectivity index (χ4v) is 2.74. The van der Waals surface area contributed by atoms with Crippen LogP contribution in [0.2, 0.25) is 0 Å². The Kier molecular flexibility index (Phi) is 4.25. The van der Waals surface area contributed by atoms with Gasteiger partial charge in [0.2, 0.25) is 5.91 Å². The number of carbonyl (C=O) groups is 1. The third kappa shape index (κ3) is 3.16. The van der Waals surface area contributed by atoms with Crippen molar-refractivity contribution in [3.63, 3.8) is 0 Å². The zero-order chi connectivity index (χ0) is 13.9. The number of amides is 1. The third-order valence-corrected chi connectivity index (χ3v) is 4.14. The molecule has 3 heteroatoms. The monoisotopic (exact) mass is 261 g/mol. The van der Waals surface area contributed by atoms with Crippen LogP contribution in [-0.4, -0.2) is 34.1 Å². The highest BCUT2D eigenvalue weighted by Gasteiger charge is 2.39. The number of aliphatic hydroxyl groups is 1. The summed E-state index contributed by atoms with van der Waals surface area (Å²) < 4.78 is 0. The highest BCUT2D eigenvalue weighted by molar-refractivity contribution is 5.77. The molecule has 0 aliphatic carbocycles. The molecular formula is C16H23NO2. The lowest BCUT2D eigenvalue weighted by atomic mass is 9.87. The Hall–Kier alpha value is -1.35. The Morgan fingerprint density at radius 3 is 2.74 bits per heavy atom. The van der Waals surface area contributed by atoms with Crippen LogP contribution in [0.5, 0.6) is 0 Å². The van der Waals surface area contributed by atoms with Gasteiger partial charge in [-0.05, 0) is 38.7 Å². The Bertz CT molecular complexity index is 428. The molecule has 0 radical (unpaired) electrons. The zero-order valence-corrected chi connectivity index (χ0v) is 11.8. The molecule has 0 aromatic heterocycles. The van der Waals surface area contributed by atoms with Gasteiger partial charge in [0, 0.05) is 13.0 Å². The van der Waals surface area contributed by atoms with Crippen molar-refractivity contribution >= 4 is 5.91 Å². The normalized spacial score (nSPS) is 22.3. The summed E-state index contributed by atoms with van der Waals surface area (Å²) in [7, 11) is 0. The van der Waals surface area contributed by atoms with Crippen LogP contribution in [0.1, 0.15) is 38.7 Å². The summed E-state index contributed by atoms with van der Waals surface area (Å²) in [6.07, 6.45) is 2.54. The van der Waals surface area contributed by atoms with E-state index in [0.29, 0.717) is 6.42 Å². The molecule has 1 amide bonds. The van der Waals surface area contributed by atoms with Crippen molar-refractivity contribution in [3.8, 4) is 0 Å². The predicted molar refractivity (Wildman–Crippen MR) is 75.8 cm³/mol. The number of hydrogen-bond acceptors (Lipinski definition) is 2. The van der Waals surface area contributed by atoms with Gasteiger partial charge in [-0.3, -0.25) is 4.79 Å². The molecule has 104 valence electrons. The van der Waals surface area contributed by atoms with Crippen molar-refractivity contribution in [2.45, 2.75) is 51.2 Å². The molecule has 1 saturated heterocycles. The summed E-state index contributed by atoms with van der Waals surface area (Å²) in [6, 6.07) is 10.1. The molecular weight excluding hydrogens is 238 g/mol. The van der Waals surface area contributed by atoms with Gasteiger partial charge in [-0.15, -0.1) is 0 Å². The Morgan fingerprint density at radius 2 is 2.05 bits per heavy atom. The van der Waals surface area contributed by atoms with Crippen molar-refractivity contribution in [3.05, 3.63) is 35.9 Å². The van der Waals surface area contributed by atoms with Gasteiger partial charge in [-0.25, -0.2) is 0 Å². The molecule has 1 aromatic carbocycles. The average molecular weight is 261 g/mol. The number of piperidine rings is 1. The molecule has 1 aliphatic heterocycles. The average Bonchev–Trinajstić information content (AvgIpc) is 2.40. The summed E-state index contributed by atoms with van der Waals surface area (Å²) in [5, 5.41) is 10.0. The molecule has 3 nitrogen and oxygen atoms in total. The topological polar surface area (TPSA) is 40.5 Å². The molecule has 1 atom stereocenters. The van der Waals surface area contributed by atoms with Crippen LogP contribution in [0.25, 0.3) is 0 Å². The lowest BCUT2D eigenvalue weighted by Crippen LogP contribution is -2.58. The van der Waals surface area contributed by atoms with Gasteiger partial charge in [0.15, 0.2) is 0 Å². The maximum absolute atomic E-state index is 12.3. The van der Waals surface area contributed by atoms with E-state index in [1.54, 1.807) is 0 Å². The summed E-state index contributed by atoms with van der Waals surface area (Å²) in [4.78, 5) is 14.2. The van der Waals surface area contributed by atoms with Gasteiger partial charge >= 0.3 is 0 Å². The van der Waals surface area contributed by atoms with E-state index in [2.05, 4.69) is 0 Å². The molecule has 0 spiro atoms. The van der Waals surface area contributed by atoms with Crippen molar-refractivity contribution < 1.29 is 9.90 Å². The van der Waals surface area contributed by atoms with Gasteiger partial charge in [0.25, 0.3) is 0 Å². The first-order chi connectivity index (χ1) is 9.01. The molecule has 1 unspecified atom stereocenters. The van der Waals surface area contributed by atoms with Crippen LogP contribution in [0.3, 0.4) is 0 Å². The minimum absolute atomic E-state index is 0.146. The Balaban J connectivity index is 1.96. The standard InChI is InChI=1S/C16H23NO2/c1-16(2)14(18)9-6-12-17(16)15(19)11-10-13-7-4-3-5-8-13/h3-5,7-8,14,18H,6,9-12H2,1-2H3. The van der Waals surface area contributed by atoms with E-state index in [1.165, 1.54) is 5.56 Å². The number of likely N-dealkylation sites (tertiary alicyclic amines) is 1. The van der Waals surface area contributed by atoms with Crippen molar-refractivity contribution in [1.82, 2.24) is 4.90 Å². The van der Waals surface area contributed by atoms with Crippen molar-refractivity contribution in [1.29, 1.82) is 0 Å². The summed E-state index contributed by atoms with van der Waals surface area (Å²) in [5.41, 5.74) is 0.748. The molecule has 19 heavy (non-hydrogen) atoms. The van der Waals surface area contributed by atoms with Gasteiger partial charge in [0.1, 0.15) is 0 Å². The van der Waals surface area contributed by atoms with Crippen LogP contribution in [0.4, 0.5) is 0 Å². The SMILES string of the molecule is CC1(C)C(O)CCCN1C(=O)CCc1ccccc1. The van der Waals surface area contributed by atoms with Crippen LogP contribution in [0.15, 0.2) is 30.3 Å². The van der Waals surface area contributed by atoms with Crippen LogP contribution < -0.4 is 0 Å². The van der Waals surface area contributed by atoms with E-state index in [9.17, 15) is 9.90 Å². The number of carbonyl (C=O) groups excluding carboxylic acids is 1. The summed E-state index contributed by atoms with van der Waals surface area (Å²) >= 11 is 0. The zero-order valence-electron chi connectivity index (χ0n) is 11.8. The summed E-state index contributed by atoms with van der Waals surface area (Å²) in [5.74, 6) is 0.146. The van der Waals surface area contributed by atoms with Crippen LogP contribution in [0, 0.1) is 0 Å². The number of benzene rings is 1. The first-order valence-electron chi connectivity index (χ1n) is 7.04. The minimum Gasteiger partial charge on any atom is -0.391 e. The Morgan fingerprint density at radius 1 is 1.37 bits per heavy atom. The van der Waals surface area contributed by atoms with Gasteiger partial charge in [-0.1, -0.05) is 30.3 Å². The molecule has 1 aliphatic rings. The maximum Gasteiger partial charge on any atom is 0.223 e. The lowest BCUT2D eigenvalue weighted by Gasteiger charge is -2.46. The number of rotatable bonds is 3. The van der Waals surface area contributed by atoms with Crippen molar-refractivity contribution in [2.24, 2.45) is 0 Å². The number of hydrogen-bond donors (Lipinski definition) is 1. The second-order valence-electron chi connectivity index (χ2n) is 5.84. The fourth-order valence-electron chi connectivity index (χ4n) is 2.74. The molecule has 0 saturated carbocycles. The van der Waals surface area contributed by atoms with E-state index in [0.717, 1.165) is 25.8 Å². The molecule has 1 heterocycles. The third-order valence-electron chi connectivity index (χ3n) is 4.14. The van der Waals surface area contributed by atoms with E-state index in [1.807, 2.05) is 49.1 Å². The van der Waals surface area contributed by atoms with Crippen LogP contribution >= 0.6 is 0 Å². The highest BCUT2D eigenvalue weighted by atomic mass is 16.3. The van der Waals surface area contributed by atoms with Gasteiger partial charge in [-0.2, -0.15) is 0 Å². The number of aliphatic hydroxyl groups excluding tert-OH is 1. The quantitative estimate of drug-likeness (QED) is 0.907.